The van der Waals surface area contributed by atoms with Crippen LogP contribution < -0.4 is 10.6 Å². The number of hydrogen-bond donors (Lipinski definition) is 2. The molecule has 0 spiro atoms. The van der Waals surface area contributed by atoms with Crippen molar-refractivity contribution in [2.24, 2.45) is 0 Å². The van der Waals surface area contributed by atoms with Gasteiger partial charge in [-0.2, -0.15) is 0 Å². The first-order chi connectivity index (χ1) is 11.0. The first kappa shape index (κ1) is 19.0. The number of unbranched alkanes of at least 4 members (excludes halogenated alkanes) is 2. The first-order valence-corrected chi connectivity index (χ1v) is 7.80. The zero-order valence-electron chi connectivity index (χ0n) is 13.3. The highest BCUT2D eigenvalue weighted by atomic mass is 35.5. The van der Waals surface area contributed by atoms with Gasteiger partial charge in [-0.15, -0.1) is 0 Å². The van der Waals surface area contributed by atoms with Crippen LogP contribution in [0.25, 0.3) is 0 Å². The molecule has 2 amide bonds. The SMILES string of the molecule is CCCCCNC(=O)CC(=O)Nc1cc(C(=O)OC)ccc1Cl. The molecule has 0 saturated heterocycles. The summed E-state index contributed by atoms with van der Waals surface area (Å²) in [6, 6.07) is 4.38. The van der Waals surface area contributed by atoms with E-state index in [1.165, 1.54) is 25.3 Å². The van der Waals surface area contributed by atoms with Gasteiger partial charge in [0.25, 0.3) is 0 Å². The van der Waals surface area contributed by atoms with Crippen LogP contribution in [0.3, 0.4) is 0 Å². The number of benzene rings is 1. The van der Waals surface area contributed by atoms with Crippen LogP contribution in [0.1, 0.15) is 43.0 Å². The summed E-state index contributed by atoms with van der Waals surface area (Å²) < 4.78 is 4.61. The number of hydrogen-bond acceptors (Lipinski definition) is 4. The second-order valence-corrected chi connectivity index (χ2v) is 5.38. The third-order valence-electron chi connectivity index (χ3n) is 3.09. The quantitative estimate of drug-likeness (QED) is 0.433. The Bertz CT molecular complexity index is 575. The van der Waals surface area contributed by atoms with Crippen LogP contribution in [0.5, 0.6) is 0 Å². The Labute approximate surface area is 140 Å². The molecule has 1 aromatic rings. The zero-order chi connectivity index (χ0) is 17.2. The van der Waals surface area contributed by atoms with Crippen molar-refractivity contribution < 1.29 is 19.1 Å². The predicted molar refractivity (Wildman–Crippen MR) is 88.6 cm³/mol. The lowest BCUT2D eigenvalue weighted by Gasteiger charge is -2.09. The summed E-state index contributed by atoms with van der Waals surface area (Å²) in [5, 5.41) is 5.48. The molecule has 0 aliphatic heterocycles. The van der Waals surface area contributed by atoms with E-state index < -0.39 is 11.9 Å². The Kier molecular flexibility index (Phi) is 8.11. The molecule has 23 heavy (non-hydrogen) atoms. The molecule has 0 aromatic heterocycles. The third kappa shape index (κ3) is 6.69. The minimum absolute atomic E-state index is 0.260. The van der Waals surface area contributed by atoms with Gasteiger partial charge in [0, 0.05) is 6.54 Å². The minimum Gasteiger partial charge on any atom is -0.465 e. The lowest BCUT2D eigenvalue weighted by molar-refractivity contribution is -0.126. The van der Waals surface area contributed by atoms with Crippen LogP contribution in [-0.4, -0.2) is 31.4 Å². The van der Waals surface area contributed by atoms with Crippen LogP contribution in [0.2, 0.25) is 5.02 Å². The van der Waals surface area contributed by atoms with E-state index in [-0.39, 0.29) is 28.6 Å². The number of esters is 1. The molecule has 0 fully saturated rings. The summed E-state index contributed by atoms with van der Waals surface area (Å²) in [5.41, 5.74) is 0.523. The Morgan fingerprint density at radius 3 is 2.57 bits per heavy atom. The molecule has 126 valence electrons. The molecule has 0 unspecified atom stereocenters. The van der Waals surface area contributed by atoms with Crippen LogP contribution in [-0.2, 0) is 14.3 Å². The number of carbonyl (C=O) groups excluding carboxylic acids is 3. The lowest BCUT2D eigenvalue weighted by Crippen LogP contribution is -2.29. The van der Waals surface area contributed by atoms with Gasteiger partial charge in [-0.1, -0.05) is 31.4 Å². The highest BCUT2D eigenvalue weighted by molar-refractivity contribution is 6.34. The van der Waals surface area contributed by atoms with E-state index in [4.69, 9.17) is 11.6 Å². The molecular formula is C16H21ClN2O4. The average Bonchev–Trinajstić information content (AvgIpc) is 2.52. The highest BCUT2D eigenvalue weighted by Gasteiger charge is 2.13. The van der Waals surface area contributed by atoms with Crippen LogP contribution in [0.4, 0.5) is 5.69 Å². The molecular weight excluding hydrogens is 320 g/mol. The molecule has 0 heterocycles. The second-order valence-electron chi connectivity index (χ2n) is 4.97. The van der Waals surface area contributed by atoms with E-state index in [1.807, 2.05) is 0 Å². The molecule has 0 atom stereocenters. The molecule has 2 N–H and O–H groups in total. The van der Waals surface area contributed by atoms with E-state index >= 15 is 0 Å². The fraction of sp³-hybridized carbons (Fsp3) is 0.438. The van der Waals surface area contributed by atoms with Crippen LogP contribution in [0.15, 0.2) is 18.2 Å². The smallest absolute Gasteiger partial charge is 0.337 e. The van der Waals surface area contributed by atoms with E-state index in [1.54, 1.807) is 0 Å². The number of carbonyl (C=O) groups is 3. The van der Waals surface area contributed by atoms with Gasteiger partial charge in [-0.3, -0.25) is 9.59 Å². The van der Waals surface area contributed by atoms with Crippen molar-refractivity contribution >= 4 is 35.1 Å². The lowest BCUT2D eigenvalue weighted by atomic mass is 10.2. The maximum absolute atomic E-state index is 11.9. The number of rotatable bonds is 8. The van der Waals surface area contributed by atoms with Crippen molar-refractivity contribution in [3.05, 3.63) is 28.8 Å². The minimum atomic E-state index is -0.536. The van der Waals surface area contributed by atoms with Gasteiger partial charge >= 0.3 is 5.97 Å². The molecule has 1 rings (SSSR count). The Morgan fingerprint density at radius 1 is 1.17 bits per heavy atom. The van der Waals surface area contributed by atoms with Crippen molar-refractivity contribution in [2.45, 2.75) is 32.6 Å². The number of ether oxygens (including phenoxy) is 1. The molecule has 0 aliphatic rings. The Morgan fingerprint density at radius 2 is 1.91 bits per heavy atom. The Hall–Kier alpha value is -2.08. The van der Waals surface area contributed by atoms with Gasteiger partial charge in [-0.25, -0.2) is 4.79 Å². The zero-order valence-corrected chi connectivity index (χ0v) is 14.0. The topological polar surface area (TPSA) is 84.5 Å². The van der Waals surface area contributed by atoms with Crippen molar-refractivity contribution in [3.8, 4) is 0 Å². The monoisotopic (exact) mass is 340 g/mol. The van der Waals surface area contributed by atoms with Gasteiger partial charge in [0.05, 0.1) is 23.4 Å². The van der Waals surface area contributed by atoms with Crippen molar-refractivity contribution in [3.63, 3.8) is 0 Å². The second kappa shape index (κ2) is 9.84. The molecule has 0 bridgehead atoms. The number of amides is 2. The van der Waals surface area contributed by atoms with Crippen LogP contribution in [0, 0.1) is 0 Å². The van der Waals surface area contributed by atoms with E-state index in [9.17, 15) is 14.4 Å². The standard InChI is InChI=1S/C16H21ClN2O4/c1-3-4-5-8-18-14(20)10-15(21)19-13-9-11(16(22)23-2)6-7-12(13)17/h6-7,9H,3-5,8,10H2,1-2H3,(H,18,20)(H,19,21). The van der Waals surface area contributed by atoms with Gasteiger partial charge in [0.15, 0.2) is 0 Å². The summed E-state index contributed by atoms with van der Waals surface area (Å²) >= 11 is 5.98. The maximum atomic E-state index is 11.9. The summed E-state index contributed by atoms with van der Waals surface area (Å²) in [5.74, 6) is -1.38. The third-order valence-corrected chi connectivity index (χ3v) is 3.41. The van der Waals surface area contributed by atoms with Gasteiger partial charge in [0.1, 0.15) is 6.42 Å². The molecule has 0 aliphatic carbocycles. The Balaban J connectivity index is 2.56. The number of anilines is 1. The highest BCUT2D eigenvalue weighted by Crippen LogP contribution is 2.23. The van der Waals surface area contributed by atoms with Gasteiger partial charge in [-0.05, 0) is 24.6 Å². The van der Waals surface area contributed by atoms with Gasteiger partial charge in [0.2, 0.25) is 11.8 Å². The molecule has 1 aromatic carbocycles. The largest absolute Gasteiger partial charge is 0.465 e. The molecule has 0 saturated carbocycles. The van der Waals surface area contributed by atoms with Crippen molar-refractivity contribution in [1.29, 1.82) is 0 Å². The average molecular weight is 341 g/mol. The van der Waals surface area contributed by atoms with E-state index in [2.05, 4.69) is 22.3 Å². The first-order valence-electron chi connectivity index (χ1n) is 7.42. The van der Waals surface area contributed by atoms with Crippen molar-refractivity contribution in [1.82, 2.24) is 5.32 Å². The van der Waals surface area contributed by atoms with Gasteiger partial charge < -0.3 is 15.4 Å². The summed E-state index contributed by atoms with van der Waals surface area (Å²) in [7, 11) is 1.26. The predicted octanol–water partition coefficient (Wildman–Crippen LogP) is 2.76. The molecule has 6 nitrogen and oxygen atoms in total. The van der Waals surface area contributed by atoms with Crippen LogP contribution >= 0.6 is 11.6 Å². The summed E-state index contributed by atoms with van der Waals surface area (Å²) in [6.45, 7) is 2.62. The number of nitrogens with one attached hydrogen (secondary N) is 2. The molecule has 0 radical (unpaired) electrons. The summed E-state index contributed by atoms with van der Waals surface area (Å²) in [4.78, 5) is 35.0. The van der Waals surface area contributed by atoms with Crippen molar-refractivity contribution in [2.75, 3.05) is 19.0 Å². The fourth-order valence-electron chi connectivity index (χ4n) is 1.87. The number of methoxy groups -OCH3 is 1. The maximum Gasteiger partial charge on any atom is 0.337 e. The summed E-state index contributed by atoms with van der Waals surface area (Å²) in [6.07, 6.45) is 2.68. The normalized spacial score (nSPS) is 10.0. The number of halogens is 1. The molecule has 7 heteroatoms. The van der Waals surface area contributed by atoms with E-state index in [0.29, 0.717) is 6.54 Å². The van der Waals surface area contributed by atoms with E-state index in [0.717, 1.165) is 19.3 Å². The fourth-order valence-corrected chi connectivity index (χ4v) is 2.04.